The average Bonchev–Trinajstić information content (AvgIpc) is 3.19. The standard InChI is InChI=1S/C22H25FN6O4S/c1-13-16(23)6-5-15(14-7-8-25-18(9-14)32-4)19(13)27-21(30)28-34(24,31)17-10-26-29-11-22(2,3)12-33-20(17)29/h5-10H,11-12H2,1-4H3,(H3,24,27,28,30,31)/t34-/m1/s1. The predicted octanol–water partition coefficient (Wildman–Crippen LogP) is 3.75. The van der Waals surface area contributed by atoms with Crippen LogP contribution in [0.25, 0.3) is 11.1 Å². The summed E-state index contributed by atoms with van der Waals surface area (Å²) in [7, 11) is -2.22. The minimum atomic E-state index is -3.70. The van der Waals surface area contributed by atoms with Crippen molar-refractivity contribution in [2.45, 2.75) is 32.2 Å². The number of nitrogens with two attached hydrogens (primary N) is 1. The number of fused-ring (bicyclic) bond motifs is 1. The fourth-order valence-corrected chi connectivity index (χ4v) is 4.61. The molecule has 10 nitrogen and oxygen atoms in total. The summed E-state index contributed by atoms with van der Waals surface area (Å²) >= 11 is 0. The van der Waals surface area contributed by atoms with Gasteiger partial charge in [-0.25, -0.2) is 28.2 Å². The smallest absolute Gasteiger partial charge is 0.354 e. The number of carbonyl (C=O) groups excluding carboxylic acids is 1. The molecule has 4 rings (SSSR count). The molecule has 2 amide bonds. The first-order chi connectivity index (χ1) is 16.0. The van der Waals surface area contributed by atoms with Crippen LogP contribution in [0.2, 0.25) is 0 Å². The van der Waals surface area contributed by atoms with Gasteiger partial charge >= 0.3 is 6.03 Å². The Morgan fingerprint density at radius 2 is 2.15 bits per heavy atom. The van der Waals surface area contributed by atoms with E-state index in [1.807, 2.05) is 13.8 Å². The van der Waals surface area contributed by atoms with Gasteiger partial charge in [0.25, 0.3) is 0 Å². The Kier molecular flexibility index (Phi) is 6.04. The van der Waals surface area contributed by atoms with E-state index in [0.29, 0.717) is 30.2 Å². The third-order valence-electron chi connectivity index (χ3n) is 5.36. The Morgan fingerprint density at radius 1 is 1.38 bits per heavy atom. The second kappa shape index (κ2) is 8.69. The summed E-state index contributed by atoms with van der Waals surface area (Å²) < 4.78 is 43.6. The SMILES string of the molecule is COc1cc(-c2ccc(F)c(C)c2NC(=O)N=[S@@](N)(=O)c2cnn3c2OCC(C)(C)C3)ccn1. The number of pyridine rings is 1. The van der Waals surface area contributed by atoms with E-state index in [-0.39, 0.29) is 27.4 Å². The largest absolute Gasteiger partial charge is 0.481 e. The lowest BCUT2D eigenvalue weighted by molar-refractivity contribution is 0.0972. The zero-order valence-corrected chi connectivity index (χ0v) is 20.0. The van der Waals surface area contributed by atoms with Gasteiger partial charge in [-0.15, -0.1) is 4.36 Å². The zero-order valence-electron chi connectivity index (χ0n) is 19.2. The van der Waals surface area contributed by atoms with Crippen molar-refractivity contribution in [3.8, 4) is 22.9 Å². The number of methoxy groups -OCH3 is 1. The van der Waals surface area contributed by atoms with Crippen LogP contribution in [-0.4, -0.2) is 38.7 Å². The second-order valence-electron chi connectivity index (χ2n) is 8.70. The summed E-state index contributed by atoms with van der Waals surface area (Å²) in [6, 6.07) is 5.12. The van der Waals surface area contributed by atoms with Crippen molar-refractivity contribution in [3.63, 3.8) is 0 Å². The van der Waals surface area contributed by atoms with Crippen molar-refractivity contribution in [2.75, 3.05) is 19.0 Å². The third kappa shape index (κ3) is 4.59. The number of rotatable bonds is 4. The minimum absolute atomic E-state index is 0.0215. The first-order valence-corrected chi connectivity index (χ1v) is 11.9. The third-order valence-corrected chi connectivity index (χ3v) is 6.70. The lowest BCUT2D eigenvalue weighted by atomic mass is 9.94. The molecule has 180 valence electrons. The van der Waals surface area contributed by atoms with Crippen LogP contribution in [0.15, 0.2) is 45.9 Å². The maximum atomic E-state index is 14.4. The van der Waals surface area contributed by atoms with Gasteiger partial charge in [0.15, 0.2) is 9.92 Å². The highest BCUT2D eigenvalue weighted by molar-refractivity contribution is 7.91. The van der Waals surface area contributed by atoms with E-state index in [0.717, 1.165) is 0 Å². The number of aromatic nitrogens is 3. The van der Waals surface area contributed by atoms with Crippen molar-refractivity contribution in [3.05, 3.63) is 48.0 Å². The molecular weight excluding hydrogens is 463 g/mol. The van der Waals surface area contributed by atoms with Gasteiger partial charge in [-0.05, 0) is 30.7 Å². The summed E-state index contributed by atoms with van der Waals surface area (Å²) in [5, 5.41) is 12.7. The molecule has 0 saturated carbocycles. The van der Waals surface area contributed by atoms with Gasteiger partial charge in [0.2, 0.25) is 11.8 Å². The second-order valence-corrected chi connectivity index (χ2v) is 10.5. The van der Waals surface area contributed by atoms with Gasteiger partial charge in [0.1, 0.15) is 10.7 Å². The number of urea groups is 1. The summed E-state index contributed by atoms with van der Waals surface area (Å²) in [6.45, 7) is 6.43. The maximum Gasteiger partial charge on any atom is 0.354 e. The van der Waals surface area contributed by atoms with Crippen molar-refractivity contribution < 1.29 is 22.9 Å². The van der Waals surface area contributed by atoms with Crippen LogP contribution in [0.3, 0.4) is 0 Å². The number of nitrogens with zero attached hydrogens (tertiary/aromatic N) is 4. The highest BCUT2D eigenvalue weighted by Crippen LogP contribution is 2.35. The van der Waals surface area contributed by atoms with E-state index in [2.05, 4.69) is 19.8 Å². The van der Waals surface area contributed by atoms with E-state index in [4.69, 9.17) is 14.6 Å². The molecule has 1 aliphatic heterocycles. The van der Waals surface area contributed by atoms with Crippen LogP contribution >= 0.6 is 0 Å². The Balaban J connectivity index is 1.69. The van der Waals surface area contributed by atoms with Gasteiger partial charge in [0, 0.05) is 28.8 Å². The molecule has 0 bridgehead atoms. The molecule has 0 aliphatic carbocycles. The fourth-order valence-electron chi connectivity index (χ4n) is 3.61. The topological polar surface area (TPSA) is 134 Å². The lowest BCUT2D eigenvalue weighted by Gasteiger charge is -2.30. The number of hydrogen-bond donors (Lipinski definition) is 2. The fraction of sp³-hybridized carbons (Fsp3) is 0.318. The first-order valence-electron chi connectivity index (χ1n) is 10.3. The van der Waals surface area contributed by atoms with Gasteiger partial charge < -0.3 is 14.8 Å². The molecule has 0 unspecified atom stereocenters. The number of nitrogens with one attached hydrogen (secondary N) is 1. The molecule has 0 fully saturated rings. The summed E-state index contributed by atoms with van der Waals surface area (Å²) in [4.78, 5) is 16.9. The quantitative estimate of drug-likeness (QED) is 0.574. The van der Waals surface area contributed by atoms with Crippen molar-refractivity contribution >= 4 is 21.6 Å². The van der Waals surface area contributed by atoms with E-state index in [1.54, 1.807) is 16.8 Å². The number of benzene rings is 1. The molecule has 0 saturated heterocycles. The van der Waals surface area contributed by atoms with Gasteiger partial charge in [-0.2, -0.15) is 5.10 Å². The molecule has 0 spiro atoms. The van der Waals surface area contributed by atoms with Crippen molar-refractivity contribution in [1.29, 1.82) is 0 Å². The predicted molar refractivity (Wildman–Crippen MR) is 124 cm³/mol. The Bertz CT molecular complexity index is 1390. The average molecular weight is 489 g/mol. The van der Waals surface area contributed by atoms with Gasteiger partial charge in [-0.1, -0.05) is 13.8 Å². The Hall–Kier alpha value is -3.51. The monoisotopic (exact) mass is 488 g/mol. The van der Waals surface area contributed by atoms with Crippen LogP contribution in [0.4, 0.5) is 14.9 Å². The van der Waals surface area contributed by atoms with E-state index < -0.39 is 21.8 Å². The molecule has 1 aromatic carbocycles. The van der Waals surface area contributed by atoms with Crippen LogP contribution in [0, 0.1) is 18.2 Å². The highest BCUT2D eigenvalue weighted by Gasteiger charge is 2.32. The zero-order chi connectivity index (χ0) is 24.7. The minimum Gasteiger partial charge on any atom is -0.481 e. The van der Waals surface area contributed by atoms with Gasteiger partial charge in [-0.3, -0.25) is 0 Å². The van der Waals surface area contributed by atoms with E-state index in [9.17, 15) is 13.4 Å². The Morgan fingerprint density at radius 3 is 2.88 bits per heavy atom. The number of anilines is 1. The van der Waals surface area contributed by atoms with Crippen LogP contribution in [0.5, 0.6) is 11.8 Å². The normalized spacial score (nSPS) is 16.1. The molecule has 3 N–H and O–H groups in total. The summed E-state index contributed by atoms with van der Waals surface area (Å²) in [5.74, 6) is 0.0331. The maximum absolute atomic E-state index is 14.4. The lowest BCUT2D eigenvalue weighted by Crippen LogP contribution is -2.33. The highest BCUT2D eigenvalue weighted by atomic mass is 32.2. The Labute approximate surface area is 196 Å². The molecule has 12 heteroatoms. The van der Waals surface area contributed by atoms with Gasteiger partial charge in [0.05, 0.1) is 32.1 Å². The van der Waals surface area contributed by atoms with Crippen LogP contribution in [0.1, 0.15) is 19.4 Å². The molecule has 1 aliphatic rings. The number of hydrogen-bond acceptors (Lipinski definition) is 6. The van der Waals surface area contributed by atoms with Crippen molar-refractivity contribution in [1.82, 2.24) is 14.8 Å². The first kappa shape index (κ1) is 23.6. The van der Waals surface area contributed by atoms with Crippen LogP contribution in [-0.2, 0) is 16.5 Å². The van der Waals surface area contributed by atoms with E-state index in [1.165, 1.54) is 38.6 Å². The summed E-state index contributed by atoms with van der Waals surface area (Å²) in [5.41, 5.74) is 1.29. The number of carbonyl (C=O) groups is 1. The molecule has 34 heavy (non-hydrogen) atoms. The molecule has 2 aromatic heterocycles. The van der Waals surface area contributed by atoms with Crippen molar-refractivity contribution in [2.24, 2.45) is 14.9 Å². The molecular formula is C22H25FN6O4S. The molecule has 1 atom stereocenters. The van der Waals surface area contributed by atoms with E-state index >= 15 is 0 Å². The number of amides is 2. The number of ether oxygens (including phenoxy) is 2. The molecule has 0 radical (unpaired) electrons. The molecule has 3 aromatic rings. The summed E-state index contributed by atoms with van der Waals surface area (Å²) in [6.07, 6.45) is 2.82. The molecule has 3 heterocycles. The van der Waals surface area contributed by atoms with Crippen LogP contribution < -0.4 is 19.9 Å². The number of halogens is 1.